The van der Waals surface area contributed by atoms with Crippen LogP contribution in [0.2, 0.25) is 0 Å². The fourth-order valence-corrected chi connectivity index (χ4v) is 2.81. The van der Waals surface area contributed by atoms with Crippen LogP contribution in [0, 0.1) is 0 Å². The number of hydrogen-bond acceptors (Lipinski definition) is 3. The quantitative estimate of drug-likeness (QED) is 0.646. The molecule has 0 saturated carbocycles. The molecule has 1 heterocycles. The summed E-state index contributed by atoms with van der Waals surface area (Å²) in [5.74, 6) is 0.525. The minimum Gasteiger partial charge on any atom is -0.370 e. The Hall–Kier alpha value is -1.60. The fraction of sp³-hybridized carbons (Fsp3) is 0.462. The first-order valence-corrected chi connectivity index (χ1v) is 7.91. The maximum Gasteiger partial charge on any atom is 0.242 e. The number of aliphatic imine (C=N–C) groups is 1. The van der Waals surface area contributed by atoms with Crippen LogP contribution in [0.25, 0.3) is 0 Å². The molecule has 0 atom stereocenters. The monoisotopic (exact) mass is 296 g/mol. The van der Waals surface area contributed by atoms with Crippen LogP contribution in [0.4, 0.5) is 0 Å². The van der Waals surface area contributed by atoms with Crippen LogP contribution in [-0.4, -0.2) is 50.8 Å². The van der Waals surface area contributed by atoms with Gasteiger partial charge in [-0.25, -0.2) is 17.7 Å². The van der Waals surface area contributed by atoms with Crippen LogP contribution >= 0.6 is 0 Å². The van der Waals surface area contributed by atoms with Crippen LogP contribution in [0.15, 0.2) is 34.2 Å². The second kappa shape index (κ2) is 5.80. The lowest BCUT2D eigenvalue weighted by molar-refractivity contribution is 0.295. The van der Waals surface area contributed by atoms with Gasteiger partial charge in [0.25, 0.3) is 0 Å². The standard InChI is InChI=1S/C13H20N4O2S/c1-16(2)20(18,19)12-6-3-5-11(9-12)10-15-13(14)17-7-4-8-17/h3,5-6,9H,4,7-8,10H2,1-2H3,(H2,14,15). The number of nitrogens with zero attached hydrogens (tertiary/aromatic N) is 3. The zero-order valence-electron chi connectivity index (χ0n) is 11.8. The van der Waals surface area contributed by atoms with Gasteiger partial charge in [-0.3, -0.25) is 0 Å². The molecule has 0 aliphatic carbocycles. The van der Waals surface area contributed by atoms with Gasteiger partial charge < -0.3 is 10.6 Å². The van der Waals surface area contributed by atoms with Crippen molar-refractivity contribution < 1.29 is 8.42 Å². The third kappa shape index (κ3) is 3.10. The van der Waals surface area contributed by atoms with Crippen LogP contribution in [0.1, 0.15) is 12.0 Å². The lowest BCUT2D eigenvalue weighted by Gasteiger charge is -2.31. The molecule has 110 valence electrons. The average Bonchev–Trinajstić information content (AvgIpc) is 2.34. The van der Waals surface area contributed by atoms with E-state index in [1.165, 1.54) is 18.4 Å². The van der Waals surface area contributed by atoms with E-state index in [0.29, 0.717) is 12.5 Å². The number of likely N-dealkylation sites (tertiary alicyclic amines) is 1. The van der Waals surface area contributed by atoms with Gasteiger partial charge in [-0.15, -0.1) is 0 Å². The Kier molecular flexibility index (Phi) is 4.29. The van der Waals surface area contributed by atoms with Gasteiger partial charge in [0, 0.05) is 27.2 Å². The van der Waals surface area contributed by atoms with Gasteiger partial charge in [0.05, 0.1) is 11.4 Å². The molecule has 1 fully saturated rings. The van der Waals surface area contributed by atoms with Gasteiger partial charge in [-0.2, -0.15) is 0 Å². The van der Waals surface area contributed by atoms with Gasteiger partial charge >= 0.3 is 0 Å². The van der Waals surface area contributed by atoms with Crippen molar-refractivity contribution in [2.24, 2.45) is 10.7 Å². The summed E-state index contributed by atoms with van der Waals surface area (Å²) in [5, 5.41) is 0. The van der Waals surface area contributed by atoms with Crippen LogP contribution < -0.4 is 5.73 Å². The van der Waals surface area contributed by atoms with Crippen LogP contribution in [-0.2, 0) is 16.6 Å². The van der Waals surface area contributed by atoms with E-state index in [1.807, 2.05) is 11.0 Å². The Morgan fingerprint density at radius 1 is 1.40 bits per heavy atom. The highest BCUT2D eigenvalue weighted by molar-refractivity contribution is 7.89. The highest BCUT2D eigenvalue weighted by Gasteiger charge is 2.17. The third-order valence-electron chi connectivity index (χ3n) is 3.28. The van der Waals surface area contributed by atoms with E-state index in [-0.39, 0.29) is 4.90 Å². The highest BCUT2D eigenvalue weighted by atomic mass is 32.2. The number of benzene rings is 1. The second-order valence-corrected chi connectivity index (χ2v) is 7.10. The summed E-state index contributed by atoms with van der Waals surface area (Å²) in [4.78, 5) is 6.57. The van der Waals surface area contributed by atoms with Gasteiger partial charge in [0.15, 0.2) is 5.96 Å². The summed E-state index contributed by atoms with van der Waals surface area (Å²) in [5.41, 5.74) is 6.68. The highest BCUT2D eigenvalue weighted by Crippen LogP contribution is 2.15. The molecule has 20 heavy (non-hydrogen) atoms. The first-order valence-electron chi connectivity index (χ1n) is 6.47. The first-order chi connectivity index (χ1) is 9.41. The molecule has 1 aromatic rings. The van der Waals surface area contributed by atoms with E-state index < -0.39 is 10.0 Å². The zero-order valence-corrected chi connectivity index (χ0v) is 12.6. The normalized spacial score (nSPS) is 16.4. The second-order valence-electron chi connectivity index (χ2n) is 4.95. The van der Waals surface area contributed by atoms with Gasteiger partial charge in [0.1, 0.15) is 0 Å². The summed E-state index contributed by atoms with van der Waals surface area (Å²) in [6.45, 7) is 2.29. The first kappa shape index (κ1) is 14.8. The van der Waals surface area contributed by atoms with Gasteiger partial charge in [-0.05, 0) is 24.1 Å². The summed E-state index contributed by atoms with van der Waals surface area (Å²) in [7, 11) is -0.373. The Labute approximate surface area is 119 Å². The predicted molar refractivity (Wildman–Crippen MR) is 78.8 cm³/mol. The molecule has 0 amide bonds. The van der Waals surface area contributed by atoms with Crippen molar-refractivity contribution in [3.63, 3.8) is 0 Å². The van der Waals surface area contributed by atoms with E-state index in [2.05, 4.69) is 4.99 Å². The molecule has 1 aliphatic rings. The topological polar surface area (TPSA) is 79.0 Å². The van der Waals surface area contributed by atoms with Crippen molar-refractivity contribution in [3.05, 3.63) is 29.8 Å². The maximum atomic E-state index is 12.0. The molecule has 0 unspecified atom stereocenters. The molecule has 0 radical (unpaired) electrons. The van der Waals surface area contributed by atoms with E-state index in [0.717, 1.165) is 25.1 Å². The number of hydrogen-bond donors (Lipinski definition) is 1. The molecule has 2 N–H and O–H groups in total. The van der Waals surface area contributed by atoms with Gasteiger partial charge in [0.2, 0.25) is 10.0 Å². The third-order valence-corrected chi connectivity index (χ3v) is 5.09. The number of guanidine groups is 1. The smallest absolute Gasteiger partial charge is 0.242 e. The molecular weight excluding hydrogens is 276 g/mol. The predicted octanol–water partition coefficient (Wildman–Crippen LogP) is 0.457. The molecule has 2 rings (SSSR count). The Morgan fingerprint density at radius 2 is 2.10 bits per heavy atom. The fourth-order valence-electron chi connectivity index (χ4n) is 1.83. The molecule has 1 aliphatic heterocycles. The molecule has 7 heteroatoms. The number of rotatable bonds is 4. The van der Waals surface area contributed by atoms with Crippen molar-refractivity contribution in [1.29, 1.82) is 0 Å². The Balaban J connectivity index is 2.14. The average molecular weight is 296 g/mol. The Morgan fingerprint density at radius 3 is 2.65 bits per heavy atom. The molecule has 1 saturated heterocycles. The van der Waals surface area contributed by atoms with E-state index in [1.54, 1.807) is 18.2 Å². The van der Waals surface area contributed by atoms with E-state index >= 15 is 0 Å². The molecule has 6 nitrogen and oxygen atoms in total. The van der Waals surface area contributed by atoms with Crippen molar-refractivity contribution in [2.75, 3.05) is 27.2 Å². The maximum absolute atomic E-state index is 12.0. The van der Waals surface area contributed by atoms with E-state index in [4.69, 9.17) is 5.73 Å². The molecule has 1 aromatic carbocycles. The minimum absolute atomic E-state index is 0.276. The van der Waals surface area contributed by atoms with Crippen LogP contribution in [0.5, 0.6) is 0 Å². The summed E-state index contributed by atoms with van der Waals surface area (Å²) < 4.78 is 25.3. The summed E-state index contributed by atoms with van der Waals surface area (Å²) >= 11 is 0. The summed E-state index contributed by atoms with van der Waals surface area (Å²) in [6.07, 6.45) is 1.15. The Bertz CT molecular complexity index is 607. The minimum atomic E-state index is -3.40. The lowest BCUT2D eigenvalue weighted by Crippen LogP contribution is -2.46. The van der Waals surface area contributed by atoms with Crippen molar-refractivity contribution in [1.82, 2.24) is 9.21 Å². The van der Waals surface area contributed by atoms with Crippen LogP contribution in [0.3, 0.4) is 0 Å². The largest absolute Gasteiger partial charge is 0.370 e. The molecule has 0 aromatic heterocycles. The van der Waals surface area contributed by atoms with Crippen molar-refractivity contribution in [3.8, 4) is 0 Å². The van der Waals surface area contributed by atoms with Gasteiger partial charge in [-0.1, -0.05) is 12.1 Å². The number of nitrogens with two attached hydrogens (primary N) is 1. The number of sulfonamides is 1. The SMILES string of the molecule is CN(C)S(=O)(=O)c1cccc(CN=C(N)N2CCC2)c1. The summed E-state index contributed by atoms with van der Waals surface area (Å²) in [6, 6.07) is 6.80. The van der Waals surface area contributed by atoms with E-state index in [9.17, 15) is 8.42 Å². The molecule has 0 bridgehead atoms. The molecule has 0 spiro atoms. The molecular formula is C13H20N4O2S. The van der Waals surface area contributed by atoms with Crippen molar-refractivity contribution >= 4 is 16.0 Å². The lowest BCUT2D eigenvalue weighted by atomic mass is 10.2. The zero-order chi connectivity index (χ0) is 14.8. The van der Waals surface area contributed by atoms with Crippen molar-refractivity contribution in [2.45, 2.75) is 17.9 Å².